The highest BCUT2D eigenvalue weighted by Crippen LogP contribution is 2.20. The summed E-state index contributed by atoms with van der Waals surface area (Å²) in [4.78, 5) is 23.7. The molecule has 0 radical (unpaired) electrons. The molecule has 9 heteroatoms. The number of carbonyl (C=O) groups is 2. The lowest BCUT2D eigenvalue weighted by Crippen LogP contribution is -2.29. The summed E-state index contributed by atoms with van der Waals surface area (Å²) in [5.74, 6) is -0.230. The second-order valence-electron chi connectivity index (χ2n) is 5.62. The predicted octanol–water partition coefficient (Wildman–Crippen LogP) is 2.20. The minimum Gasteiger partial charge on any atom is -0.497 e. The van der Waals surface area contributed by atoms with Gasteiger partial charge in [-0.15, -0.1) is 5.10 Å². The van der Waals surface area contributed by atoms with Gasteiger partial charge in [-0.05, 0) is 48.5 Å². The first-order valence-corrected chi connectivity index (χ1v) is 8.46. The predicted molar refractivity (Wildman–Crippen MR) is 102 cm³/mol. The van der Waals surface area contributed by atoms with Gasteiger partial charge in [-0.25, -0.2) is 5.43 Å². The van der Waals surface area contributed by atoms with Crippen molar-refractivity contribution < 1.29 is 23.5 Å². The summed E-state index contributed by atoms with van der Waals surface area (Å²) < 4.78 is 16.0. The van der Waals surface area contributed by atoms with Gasteiger partial charge in [0.05, 0.1) is 7.11 Å². The quantitative estimate of drug-likeness (QED) is 0.614. The summed E-state index contributed by atoms with van der Waals surface area (Å²) in [6.07, 6.45) is 0. The first-order valence-electron chi connectivity index (χ1n) is 8.09. The molecule has 2 amide bonds. The second kappa shape index (κ2) is 8.45. The van der Waals surface area contributed by atoms with E-state index in [2.05, 4.69) is 10.5 Å². The molecule has 1 aromatic heterocycles. The number of fused-ring (bicyclic) bond motifs is 1. The lowest BCUT2D eigenvalue weighted by Gasteiger charge is -2.06. The number of primary amides is 1. The average Bonchev–Trinajstić information content (AvgIpc) is 2.70. The number of rotatable bonds is 6. The molecule has 28 heavy (non-hydrogen) atoms. The Morgan fingerprint density at radius 2 is 1.86 bits per heavy atom. The van der Waals surface area contributed by atoms with Gasteiger partial charge in [-0.1, -0.05) is 11.6 Å². The molecule has 0 unspecified atom stereocenters. The van der Waals surface area contributed by atoms with Crippen LogP contribution >= 0.6 is 11.6 Å². The zero-order chi connectivity index (χ0) is 20.1. The van der Waals surface area contributed by atoms with E-state index < -0.39 is 11.8 Å². The van der Waals surface area contributed by atoms with Crippen LogP contribution in [0.4, 0.5) is 0 Å². The maximum Gasteiger partial charge on any atom is 0.278 e. The Bertz CT molecular complexity index is 1090. The zero-order valence-electron chi connectivity index (χ0n) is 14.8. The average molecular weight is 402 g/mol. The van der Waals surface area contributed by atoms with E-state index in [1.807, 2.05) is 0 Å². The molecule has 0 saturated heterocycles. The number of ether oxygens (including phenoxy) is 2. The number of nitrogens with two attached hydrogens (primary N) is 1. The van der Waals surface area contributed by atoms with Crippen LogP contribution in [0, 0.1) is 0 Å². The summed E-state index contributed by atoms with van der Waals surface area (Å²) >= 11 is 5.79. The third-order valence-electron chi connectivity index (χ3n) is 3.69. The van der Waals surface area contributed by atoms with E-state index in [1.54, 1.807) is 42.5 Å². The monoisotopic (exact) mass is 401 g/mol. The highest BCUT2D eigenvalue weighted by Gasteiger charge is 2.11. The fourth-order valence-corrected chi connectivity index (χ4v) is 2.45. The molecule has 8 nitrogen and oxygen atoms in total. The van der Waals surface area contributed by atoms with Gasteiger partial charge in [0.25, 0.3) is 11.8 Å². The Hall–Kier alpha value is -3.52. The third kappa shape index (κ3) is 4.60. The normalized spacial score (nSPS) is 11.3. The van der Waals surface area contributed by atoms with E-state index in [0.29, 0.717) is 27.5 Å². The molecule has 0 aliphatic heterocycles. The van der Waals surface area contributed by atoms with Gasteiger partial charge in [-0.3, -0.25) is 9.59 Å². The van der Waals surface area contributed by atoms with Gasteiger partial charge in [-0.2, -0.15) is 0 Å². The molecule has 0 saturated carbocycles. The smallest absolute Gasteiger partial charge is 0.278 e. The highest BCUT2D eigenvalue weighted by molar-refractivity contribution is 6.30. The molecule has 0 aliphatic rings. The number of carbonyl (C=O) groups excluding carboxylic acids is 2. The molecule has 0 spiro atoms. The molecule has 3 aromatic rings. The van der Waals surface area contributed by atoms with Crippen molar-refractivity contribution in [3.8, 4) is 11.5 Å². The molecule has 3 rings (SSSR count). The number of hydrogen-bond acceptors (Lipinski definition) is 6. The van der Waals surface area contributed by atoms with Crippen LogP contribution in [0.1, 0.15) is 10.4 Å². The lowest BCUT2D eigenvalue weighted by molar-refractivity contribution is -0.123. The van der Waals surface area contributed by atoms with Crippen LogP contribution in [0.25, 0.3) is 11.0 Å². The number of methoxy groups -OCH3 is 1. The minimum atomic E-state index is -0.751. The zero-order valence-corrected chi connectivity index (χ0v) is 15.5. The Kier molecular flexibility index (Phi) is 5.81. The fraction of sp³-hybridized carbons (Fsp3) is 0.105. The van der Waals surface area contributed by atoms with Crippen LogP contribution in [-0.2, 0) is 4.79 Å². The largest absolute Gasteiger partial charge is 0.497 e. The van der Waals surface area contributed by atoms with E-state index >= 15 is 0 Å². The van der Waals surface area contributed by atoms with E-state index in [-0.39, 0.29) is 17.7 Å². The SMILES string of the molecule is COc1ccc2o/c(=N/NC(=O)COc3ccc(Cl)cc3)c(C(N)=O)cc2c1. The topological polar surface area (TPSA) is 116 Å². The van der Waals surface area contributed by atoms with Crippen molar-refractivity contribution in [2.24, 2.45) is 10.8 Å². The van der Waals surface area contributed by atoms with E-state index in [0.717, 1.165) is 0 Å². The second-order valence-corrected chi connectivity index (χ2v) is 6.06. The van der Waals surface area contributed by atoms with Crippen LogP contribution in [0.2, 0.25) is 5.02 Å². The number of nitrogens with zero attached hydrogens (tertiary/aromatic N) is 1. The molecule has 3 N–H and O–H groups in total. The van der Waals surface area contributed by atoms with Crippen LogP contribution < -0.4 is 26.2 Å². The van der Waals surface area contributed by atoms with Gasteiger partial charge < -0.3 is 19.6 Å². The Balaban J connectivity index is 1.79. The summed E-state index contributed by atoms with van der Waals surface area (Å²) in [5.41, 5.74) is 8.00. The van der Waals surface area contributed by atoms with E-state index in [4.69, 9.17) is 31.2 Å². The fourth-order valence-electron chi connectivity index (χ4n) is 2.32. The van der Waals surface area contributed by atoms with Crippen LogP contribution in [0.5, 0.6) is 11.5 Å². The molecule has 2 aromatic carbocycles. The Labute approximate surface area is 164 Å². The number of nitrogens with one attached hydrogen (secondary N) is 1. The van der Waals surface area contributed by atoms with Gasteiger partial charge in [0, 0.05) is 10.4 Å². The Morgan fingerprint density at radius 1 is 1.14 bits per heavy atom. The first kappa shape index (κ1) is 19.2. The molecule has 0 atom stereocenters. The molecule has 0 bridgehead atoms. The van der Waals surface area contributed by atoms with Crippen molar-refractivity contribution in [1.82, 2.24) is 5.43 Å². The standard InChI is InChI=1S/C19H16ClN3O5/c1-26-14-6-7-16-11(8-14)9-15(18(21)25)19(28-16)23-22-17(24)10-27-13-4-2-12(20)3-5-13/h2-9H,10H2,1H3,(H2,21,25)(H,22,24)/b23-19+. The molecule has 1 heterocycles. The van der Waals surface area contributed by atoms with Crippen LogP contribution in [0.3, 0.4) is 0 Å². The van der Waals surface area contributed by atoms with Crippen LogP contribution in [0.15, 0.2) is 58.0 Å². The number of halogens is 1. The van der Waals surface area contributed by atoms with Crippen molar-refractivity contribution in [3.05, 3.63) is 64.7 Å². The Morgan fingerprint density at radius 3 is 2.54 bits per heavy atom. The van der Waals surface area contributed by atoms with E-state index in [9.17, 15) is 9.59 Å². The summed E-state index contributed by atoms with van der Waals surface area (Å²) in [7, 11) is 1.53. The van der Waals surface area contributed by atoms with Crippen molar-refractivity contribution in [2.45, 2.75) is 0 Å². The molecule has 0 fully saturated rings. The first-order chi connectivity index (χ1) is 13.5. The van der Waals surface area contributed by atoms with Gasteiger partial charge in [0.1, 0.15) is 22.6 Å². The summed E-state index contributed by atoms with van der Waals surface area (Å²) in [6.45, 7) is -0.290. The number of benzene rings is 2. The van der Waals surface area contributed by atoms with Crippen molar-refractivity contribution in [2.75, 3.05) is 13.7 Å². The molecule has 144 valence electrons. The summed E-state index contributed by atoms with van der Waals surface area (Å²) in [5, 5.41) is 5.01. The van der Waals surface area contributed by atoms with Crippen molar-refractivity contribution >= 4 is 34.4 Å². The van der Waals surface area contributed by atoms with Crippen molar-refractivity contribution in [1.29, 1.82) is 0 Å². The lowest BCUT2D eigenvalue weighted by atomic mass is 10.1. The van der Waals surface area contributed by atoms with Crippen molar-refractivity contribution in [3.63, 3.8) is 0 Å². The third-order valence-corrected chi connectivity index (χ3v) is 3.94. The molecule has 0 aliphatic carbocycles. The minimum absolute atomic E-state index is 0.0136. The maximum atomic E-state index is 12.0. The van der Waals surface area contributed by atoms with Gasteiger partial charge >= 0.3 is 0 Å². The maximum absolute atomic E-state index is 12.0. The van der Waals surface area contributed by atoms with E-state index in [1.165, 1.54) is 13.2 Å². The molecular weight excluding hydrogens is 386 g/mol. The van der Waals surface area contributed by atoms with Crippen LogP contribution in [-0.4, -0.2) is 25.5 Å². The van der Waals surface area contributed by atoms with Gasteiger partial charge in [0.2, 0.25) is 5.55 Å². The number of hydrogen-bond donors (Lipinski definition) is 2. The highest BCUT2D eigenvalue weighted by atomic mass is 35.5. The molecular formula is C19H16ClN3O5. The summed E-state index contributed by atoms with van der Waals surface area (Å²) in [6, 6.07) is 13.1. The number of amides is 2. The van der Waals surface area contributed by atoms with Gasteiger partial charge in [0.15, 0.2) is 6.61 Å².